The largest absolute Gasteiger partial charge is 0.490 e. The fourth-order valence-electron chi connectivity index (χ4n) is 3.98. The van der Waals surface area contributed by atoms with Gasteiger partial charge < -0.3 is 28.6 Å². The number of furan rings is 1. The summed E-state index contributed by atoms with van der Waals surface area (Å²) in [5, 5.41) is 7.12. The van der Waals surface area contributed by atoms with Gasteiger partial charge in [0.2, 0.25) is 0 Å². The van der Waals surface area contributed by atoms with Crippen LogP contribution in [-0.2, 0) is 23.8 Å². The number of aliphatic carboxylic acids is 1. The summed E-state index contributed by atoms with van der Waals surface area (Å²) >= 11 is 0. The first-order valence-corrected chi connectivity index (χ1v) is 10.3. The van der Waals surface area contributed by atoms with Crippen molar-refractivity contribution in [1.29, 1.82) is 0 Å². The van der Waals surface area contributed by atoms with Gasteiger partial charge in [-0.25, -0.2) is 4.79 Å². The standard InChI is InChI=1S/C18H26N2O5.C2HF3O2/c21-17-11-25-18(13-20(17)16-3-7-23-10-16)12-19(4-8-24-14-18)9-15-1-5-22-6-2-15;3-2(4,5)1(6)7/h3,7,10,15H,1-2,4-6,8-9,11-14H2;(H,6,7). The van der Waals surface area contributed by atoms with Crippen molar-refractivity contribution < 1.29 is 46.5 Å². The highest BCUT2D eigenvalue weighted by Gasteiger charge is 2.44. The van der Waals surface area contributed by atoms with E-state index in [-0.39, 0.29) is 12.5 Å². The maximum Gasteiger partial charge on any atom is 0.490 e. The lowest BCUT2D eigenvalue weighted by atomic mass is 9.97. The van der Waals surface area contributed by atoms with E-state index >= 15 is 0 Å². The lowest BCUT2D eigenvalue weighted by molar-refractivity contribution is -0.192. The second kappa shape index (κ2) is 10.6. The molecule has 32 heavy (non-hydrogen) atoms. The molecule has 0 bridgehead atoms. The summed E-state index contributed by atoms with van der Waals surface area (Å²) in [4.78, 5) is 25.4. The number of carbonyl (C=O) groups excluding carboxylic acids is 1. The van der Waals surface area contributed by atoms with Crippen molar-refractivity contribution in [3.05, 3.63) is 18.6 Å². The van der Waals surface area contributed by atoms with Gasteiger partial charge >= 0.3 is 12.1 Å². The number of rotatable bonds is 3. The van der Waals surface area contributed by atoms with Crippen LogP contribution in [0, 0.1) is 5.92 Å². The van der Waals surface area contributed by atoms with Crippen molar-refractivity contribution in [2.24, 2.45) is 5.92 Å². The number of carbonyl (C=O) groups is 2. The van der Waals surface area contributed by atoms with Crippen LogP contribution in [0.3, 0.4) is 0 Å². The van der Waals surface area contributed by atoms with E-state index in [1.165, 1.54) is 0 Å². The van der Waals surface area contributed by atoms with Crippen molar-refractivity contribution in [2.75, 3.05) is 64.1 Å². The second-order valence-corrected chi connectivity index (χ2v) is 8.08. The summed E-state index contributed by atoms with van der Waals surface area (Å²) in [6.07, 6.45) is 0.343. The molecule has 9 nitrogen and oxygen atoms in total. The highest BCUT2D eigenvalue weighted by molar-refractivity contribution is 5.95. The lowest BCUT2D eigenvalue weighted by Gasteiger charge is -2.43. The van der Waals surface area contributed by atoms with Gasteiger partial charge in [-0.05, 0) is 18.8 Å². The molecule has 12 heteroatoms. The molecule has 0 aromatic carbocycles. The van der Waals surface area contributed by atoms with Crippen LogP contribution in [0.5, 0.6) is 0 Å². The molecule has 1 aromatic rings. The Morgan fingerprint density at radius 3 is 2.53 bits per heavy atom. The molecule has 1 unspecified atom stereocenters. The summed E-state index contributed by atoms with van der Waals surface area (Å²) < 4.78 is 54.2. The van der Waals surface area contributed by atoms with Crippen molar-refractivity contribution in [3.63, 3.8) is 0 Å². The summed E-state index contributed by atoms with van der Waals surface area (Å²) in [5.41, 5.74) is 0.306. The quantitative estimate of drug-likeness (QED) is 0.723. The Bertz CT molecular complexity index is 753. The monoisotopic (exact) mass is 464 g/mol. The van der Waals surface area contributed by atoms with Crippen molar-refractivity contribution in [2.45, 2.75) is 24.6 Å². The number of ether oxygens (including phenoxy) is 3. The van der Waals surface area contributed by atoms with Crippen LogP contribution in [0.25, 0.3) is 0 Å². The second-order valence-electron chi connectivity index (χ2n) is 8.08. The molecule has 1 aromatic heterocycles. The number of amides is 1. The minimum Gasteiger partial charge on any atom is -0.475 e. The highest BCUT2D eigenvalue weighted by atomic mass is 19.4. The molecular weight excluding hydrogens is 437 g/mol. The number of hydrogen-bond acceptors (Lipinski definition) is 7. The third-order valence-electron chi connectivity index (χ3n) is 5.60. The Hall–Kier alpha value is -2.15. The molecule has 3 aliphatic heterocycles. The Balaban J connectivity index is 0.000000360. The van der Waals surface area contributed by atoms with Gasteiger partial charge in [-0.3, -0.25) is 9.69 Å². The molecular formula is C20H27F3N2O7. The predicted octanol–water partition coefficient (Wildman–Crippen LogP) is 1.77. The van der Waals surface area contributed by atoms with Crippen LogP contribution in [0.15, 0.2) is 23.0 Å². The van der Waals surface area contributed by atoms with Crippen LogP contribution < -0.4 is 4.90 Å². The van der Waals surface area contributed by atoms with E-state index in [0.29, 0.717) is 25.7 Å². The molecule has 4 rings (SSSR count). The number of halogens is 3. The van der Waals surface area contributed by atoms with Crippen molar-refractivity contribution in [3.8, 4) is 0 Å². The molecule has 1 atom stereocenters. The molecule has 0 saturated carbocycles. The number of anilines is 1. The van der Waals surface area contributed by atoms with Gasteiger partial charge in [0.1, 0.15) is 18.5 Å². The van der Waals surface area contributed by atoms with Gasteiger partial charge in [0.05, 0.1) is 31.7 Å². The summed E-state index contributed by atoms with van der Waals surface area (Å²) in [6.45, 7) is 6.24. The predicted molar refractivity (Wildman–Crippen MR) is 104 cm³/mol. The molecule has 3 fully saturated rings. The SMILES string of the molecule is O=C(O)C(F)(F)F.O=C1COC2(COCCN(CC3CCOCC3)C2)CN1c1ccoc1. The molecule has 1 spiro atoms. The van der Waals surface area contributed by atoms with Crippen LogP contribution in [0.4, 0.5) is 18.9 Å². The Labute approximate surface area is 183 Å². The number of nitrogens with zero attached hydrogens (tertiary/aromatic N) is 2. The molecule has 3 aliphatic rings. The number of hydrogen-bond donors (Lipinski definition) is 1. The van der Waals surface area contributed by atoms with Crippen LogP contribution in [0.2, 0.25) is 0 Å². The average molecular weight is 464 g/mol. The molecule has 0 aliphatic carbocycles. The lowest BCUT2D eigenvalue weighted by Crippen LogP contribution is -2.61. The zero-order valence-corrected chi connectivity index (χ0v) is 17.5. The number of morpholine rings is 1. The Morgan fingerprint density at radius 1 is 1.19 bits per heavy atom. The first-order chi connectivity index (χ1) is 15.2. The first-order valence-electron chi connectivity index (χ1n) is 10.3. The number of alkyl halides is 3. The highest BCUT2D eigenvalue weighted by Crippen LogP contribution is 2.28. The topological polar surface area (TPSA) is 102 Å². The fraction of sp³-hybridized carbons (Fsp3) is 0.700. The molecule has 3 saturated heterocycles. The average Bonchev–Trinajstić information content (AvgIpc) is 3.21. The number of carboxylic acids is 1. The Morgan fingerprint density at radius 2 is 1.91 bits per heavy atom. The van der Waals surface area contributed by atoms with Gasteiger partial charge in [0, 0.05) is 38.9 Å². The molecule has 4 heterocycles. The molecule has 1 N–H and O–H groups in total. The van der Waals surface area contributed by atoms with Gasteiger partial charge in [0.25, 0.3) is 5.91 Å². The van der Waals surface area contributed by atoms with Crippen LogP contribution in [-0.4, -0.2) is 92.9 Å². The molecule has 0 radical (unpaired) electrons. The third-order valence-corrected chi connectivity index (χ3v) is 5.60. The van der Waals surface area contributed by atoms with E-state index in [1.54, 1.807) is 17.4 Å². The zero-order chi connectivity index (χ0) is 23.2. The zero-order valence-electron chi connectivity index (χ0n) is 17.5. The maximum absolute atomic E-state index is 12.3. The normalized spacial score (nSPS) is 25.8. The third kappa shape index (κ3) is 6.67. The summed E-state index contributed by atoms with van der Waals surface area (Å²) in [6, 6.07) is 1.81. The van der Waals surface area contributed by atoms with E-state index in [4.69, 9.17) is 28.5 Å². The summed E-state index contributed by atoms with van der Waals surface area (Å²) in [5.74, 6) is -2.13. The fourth-order valence-corrected chi connectivity index (χ4v) is 3.98. The van der Waals surface area contributed by atoms with Gasteiger partial charge in [-0.1, -0.05) is 0 Å². The number of carboxylic acid groups (broad SMARTS) is 1. The first kappa shape index (κ1) is 24.5. The van der Waals surface area contributed by atoms with Crippen LogP contribution >= 0.6 is 0 Å². The van der Waals surface area contributed by atoms with Crippen LogP contribution in [0.1, 0.15) is 12.8 Å². The minimum absolute atomic E-state index is 0.0350. The van der Waals surface area contributed by atoms with Crippen molar-refractivity contribution in [1.82, 2.24) is 4.90 Å². The van der Waals surface area contributed by atoms with Gasteiger partial charge in [-0.15, -0.1) is 0 Å². The van der Waals surface area contributed by atoms with E-state index in [1.807, 2.05) is 6.07 Å². The Kier molecular flexibility index (Phi) is 8.15. The van der Waals surface area contributed by atoms with Crippen molar-refractivity contribution >= 4 is 17.6 Å². The van der Waals surface area contributed by atoms with E-state index in [0.717, 1.165) is 51.4 Å². The maximum atomic E-state index is 12.3. The molecule has 1 amide bonds. The van der Waals surface area contributed by atoms with E-state index < -0.39 is 17.7 Å². The van der Waals surface area contributed by atoms with Gasteiger partial charge in [0.15, 0.2) is 0 Å². The van der Waals surface area contributed by atoms with E-state index in [2.05, 4.69) is 4.90 Å². The van der Waals surface area contributed by atoms with E-state index in [9.17, 15) is 18.0 Å². The smallest absolute Gasteiger partial charge is 0.475 e. The summed E-state index contributed by atoms with van der Waals surface area (Å²) in [7, 11) is 0. The van der Waals surface area contributed by atoms with Gasteiger partial charge in [-0.2, -0.15) is 13.2 Å². The minimum atomic E-state index is -5.08. The molecule has 180 valence electrons.